The number of rotatable bonds is 8. The van der Waals surface area contributed by atoms with Crippen LogP contribution in [0.4, 0.5) is 0 Å². The smallest absolute Gasteiger partial charge is 0.327 e. The van der Waals surface area contributed by atoms with Crippen LogP contribution in [0.2, 0.25) is 0 Å². The van der Waals surface area contributed by atoms with E-state index in [2.05, 4.69) is 5.32 Å². The van der Waals surface area contributed by atoms with E-state index in [4.69, 9.17) is 9.84 Å². The van der Waals surface area contributed by atoms with Gasteiger partial charge in [0, 0.05) is 37.2 Å². The summed E-state index contributed by atoms with van der Waals surface area (Å²) in [6.45, 7) is 1.72. The average molecular weight is 251 g/mol. The topological polar surface area (TPSA) is 92.7 Å². The fourth-order valence-electron chi connectivity index (χ4n) is 1.05. The molecule has 2 N–H and O–H groups in total. The molecule has 94 valence electrons. The van der Waals surface area contributed by atoms with Crippen molar-refractivity contribution in [2.45, 2.75) is 19.4 Å². The molecule has 7 heteroatoms. The van der Waals surface area contributed by atoms with Crippen LogP contribution in [0.3, 0.4) is 0 Å². The van der Waals surface area contributed by atoms with Gasteiger partial charge in [0.15, 0.2) is 0 Å². The van der Waals surface area contributed by atoms with Gasteiger partial charge in [0.05, 0.1) is 5.75 Å². The van der Waals surface area contributed by atoms with Gasteiger partial charge in [-0.25, -0.2) is 4.79 Å². The minimum absolute atomic E-state index is 0.0708. The Morgan fingerprint density at radius 1 is 1.50 bits per heavy atom. The van der Waals surface area contributed by atoms with E-state index >= 15 is 0 Å². The minimum atomic E-state index is -1.26. The fourth-order valence-corrected chi connectivity index (χ4v) is 2.26. The van der Waals surface area contributed by atoms with Crippen molar-refractivity contribution in [3.05, 3.63) is 0 Å². The van der Waals surface area contributed by atoms with E-state index in [-0.39, 0.29) is 5.75 Å². The number of methoxy groups -OCH3 is 1. The average Bonchev–Trinajstić information content (AvgIpc) is 2.16. The van der Waals surface area contributed by atoms with Gasteiger partial charge in [0.25, 0.3) is 0 Å². The Bertz CT molecular complexity index is 269. The van der Waals surface area contributed by atoms with E-state index in [0.29, 0.717) is 18.8 Å². The Hall–Kier alpha value is -0.950. The summed E-state index contributed by atoms with van der Waals surface area (Å²) in [5, 5.41) is 11.0. The second kappa shape index (κ2) is 8.23. The number of aliphatic carboxylic acids is 1. The molecule has 0 bridgehead atoms. The molecule has 0 aliphatic rings. The molecule has 16 heavy (non-hydrogen) atoms. The zero-order valence-electron chi connectivity index (χ0n) is 9.39. The molecule has 0 spiro atoms. The molecule has 0 aromatic heterocycles. The number of hydrogen-bond donors (Lipinski definition) is 2. The molecule has 0 saturated carbocycles. The van der Waals surface area contributed by atoms with Crippen molar-refractivity contribution in [2.24, 2.45) is 0 Å². The summed E-state index contributed by atoms with van der Waals surface area (Å²) in [7, 11) is 0.278. The van der Waals surface area contributed by atoms with Crippen LogP contribution >= 0.6 is 0 Å². The van der Waals surface area contributed by atoms with Gasteiger partial charge in [-0.3, -0.25) is 9.00 Å². The molecule has 0 aromatic rings. The number of nitrogens with one attached hydrogen (secondary N) is 1. The van der Waals surface area contributed by atoms with Crippen LogP contribution in [0.5, 0.6) is 0 Å². The first-order chi connectivity index (χ1) is 7.47. The highest BCUT2D eigenvalue weighted by Crippen LogP contribution is 1.94. The minimum Gasteiger partial charge on any atom is -0.480 e. The Labute approximate surface area is 96.8 Å². The maximum absolute atomic E-state index is 11.5. The van der Waals surface area contributed by atoms with Gasteiger partial charge in [-0.1, -0.05) is 0 Å². The number of carbonyl (C=O) groups excluding carboxylic acids is 1. The Kier molecular flexibility index (Phi) is 7.74. The van der Waals surface area contributed by atoms with Gasteiger partial charge >= 0.3 is 5.97 Å². The molecule has 0 aliphatic heterocycles. The lowest BCUT2D eigenvalue weighted by Crippen LogP contribution is -2.43. The van der Waals surface area contributed by atoms with Crippen LogP contribution in [0.15, 0.2) is 0 Å². The summed E-state index contributed by atoms with van der Waals surface area (Å²) in [5.74, 6) is -1.31. The summed E-state index contributed by atoms with van der Waals surface area (Å²) in [5.41, 5.74) is 0. The van der Waals surface area contributed by atoms with Gasteiger partial charge in [-0.15, -0.1) is 0 Å². The third-order valence-electron chi connectivity index (χ3n) is 1.75. The zero-order valence-corrected chi connectivity index (χ0v) is 10.2. The number of amides is 1. The Morgan fingerprint density at radius 2 is 2.12 bits per heavy atom. The van der Waals surface area contributed by atoms with Gasteiger partial charge in [-0.2, -0.15) is 0 Å². The Morgan fingerprint density at radius 3 is 2.56 bits per heavy atom. The van der Waals surface area contributed by atoms with Crippen molar-refractivity contribution in [2.75, 3.05) is 25.2 Å². The molecule has 0 fully saturated rings. The lowest BCUT2D eigenvalue weighted by molar-refractivity contribution is -0.140. The number of carbonyl (C=O) groups is 2. The van der Waals surface area contributed by atoms with Crippen LogP contribution < -0.4 is 5.32 Å². The number of hydrogen-bond acceptors (Lipinski definition) is 4. The monoisotopic (exact) mass is 251 g/mol. The normalized spacial score (nSPS) is 14.1. The van der Waals surface area contributed by atoms with Gasteiger partial charge in [0.1, 0.15) is 6.04 Å². The van der Waals surface area contributed by atoms with Crippen molar-refractivity contribution in [3.63, 3.8) is 0 Å². The highest BCUT2D eigenvalue weighted by molar-refractivity contribution is 7.85. The molecule has 6 nitrogen and oxygen atoms in total. The van der Waals surface area contributed by atoms with Crippen LogP contribution in [0.25, 0.3) is 0 Å². The number of carboxylic acid groups (broad SMARTS) is 1. The number of ether oxygens (including phenoxy) is 1. The molecule has 0 aliphatic carbocycles. The predicted octanol–water partition coefficient (Wildman–Crippen LogP) is -0.639. The van der Waals surface area contributed by atoms with Gasteiger partial charge in [0.2, 0.25) is 5.91 Å². The van der Waals surface area contributed by atoms with Gasteiger partial charge in [-0.05, 0) is 6.42 Å². The SMILES string of the molecule is COCCCS(=O)C[C@H](NC(C)=O)C(=O)O. The van der Waals surface area contributed by atoms with Crippen LogP contribution in [0.1, 0.15) is 13.3 Å². The first-order valence-electron chi connectivity index (χ1n) is 4.81. The quantitative estimate of drug-likeness (QED) is 0.560. The highest BCUT2D eigenvalue weighted by Gasteiger charge is 2.20. The van der Waals surface area contributed by atoms with Crippen molar-refractivity contribution in [3.8, 4) is 0 Å². The molecule has 2 atom stereocenters. The summed E-state index contributed by atoms with van der Waals surface area (Å²) < 4.78 is 16.2. The standard InChI is InChI=1S/C9H17NO5S/c1-7(11)10-8(9(12)13)6-16(14)5-3-4-15-2/h8H,3-6H2,1-2H3,(H,10,11)(H,12,13)/t8-,16?/m0/s1. The molecule has 0 radical (unpaired) electrons. The summed E-state index contributed by atoms with van der Waals surface area (Å²) >= 11 is 0. The highest BCUT2D eigenvalue weighted by atomic mass is 32.2. The molecule has 0 saturated heterocycles. The largest absolute Gasteiger partial charge is 0.480 e. The zero-order chi connectivity index (χ0) is 12.6. The van der Waals surface area contributed by atoms with Crippen LogP contribution in [0, 0.1) is 0 Å². The molecular weight excluding hydrogens is 234 g/mol. The van der Waals surface area contributed by atoms with Crippen molar-refractivity contribution >= 4 is 22.7 Å². The lowest BCUT2D eigenvalue weighted by Gasteiger charge is -2.12. The summed E-state index contributed by atoms with van der Waals surface area (Å²) in [6, 6.07) is -1.08. The third kappa shape index (κ3) is 7.36. The molecule has 1 amide bonds. The summed E-state index contributed by atoms with van der Waals surface area (Å²) in [6.07, 6.45) is 0.607. The fraction of sp³-hybridized carbons (Fsp3) is 0.778. The molecule has 0 aromatic carbocycles. The first kappa shape index (κ1) is 15.0. The lowest BCUT2D eigenvalue weighted by atomic mass is 10.3. The van der Waals surface area contributed by atoms with Crippen molar-refractivity contribution in [1.82, 2.24) is 5.32 Å². The number of carboxylic acids is 1. The maximum atomic E-state index is 11.5. The molecule has 0 rings (SSSR count). The predicted molar refractivity (Wildman–Crippen MR) is 59.6 cm³/mol. The molecule has 0 heterocycles. The van der Waals surface area contributed by atoms with E-state index in [1.165, 1.54) is 6.92 Å². The first-order valence-corrected chi connectivity index (χ1v) is 6.30. The van der Waals surface area contributed by atoms with Crippen LogP contribution in [-0.4, -0.2) is 52.5 Å². The van der Waals surface area contributed by atoms with Gasteiger partial charge < -0.3 is 15.2 Å². The third-order valence-corrected chi connectivity index (χ3v) is 3.20. The van der Waals surface area contributed by atoms with Crippen LogP contribution in [-0.2, 0) is 25.1 Å². The second-order valence-corrected chi connectivity index (χ2v) is 4.87. The Balaban J connectivity index is 4.03. The maximum Gasteiger partial charge on any atom is 0.327 e. The summed E-state index contributed by atoms with van der Waals surface area (Å²) in [4.78, 5) is 21.4. The molecular formula is C9H17NO5S. The van der Waals surface area contributed by atoms with E-state index in [9.17, 15) is 13.8 Å². The van der Waals surface area contributed by atoms with E-state index in [0.717, 1.165) is 0 Å². The second-order valence-electron chi connectivity index (χ2n) is 3.25. The van der Waals surface area contributed by atoms with E-state index in [1.807, 2.05) is 0 Å². The molecule has 1 unspecified atom stereocenters. The van der Waals surface area contributed by atoms with E-state index < -0.39 is 28.7 Å². The van der Waals surface area contributed by atoms with Crippen molar-refractivity contribution < 1.29 is 23.6 Å². The van der Waals surface area contributed by atoms with Crippen molar-refractivity contribution in [1.29, 1.82) is 0 Å². The van der Waals surface area contributed by atoms with E-state index in [1.54, 1.807) is 7.11 Å².